The van der Waals surface area contributed by atoms with Gasteiger partial charge in [-0.3, -0.25) is 10.2 Å². The Hall–Kier alpha value is -2.08. The Morgan fingerprint density at radius 1 is 1.26 bits per heavy atom. The van der Waals surface area contributed by atoms with Gasteiger partial charge in [-0.15, -0.1) is 0 Å². The van der Waals surface area contributed by atoms with Gasteiger partial charge in [0, 0.05) is 13.0 Å². The second-order valence-electron chi connectivity index (χ2n) is 5.68. The third-order valence-electron chi connectivity index (χ3n) is 4.15. The summed E-state index contributed by atoms with van der Waals surface area (Å²) in [4.78, 5) is 11.3. The first kappa shape index (κ1) is 15.8. The molecule has 0 saturated carbocycles. The summed E-state index contributed by atoms with van der Waals surface area (Å²) < 4.78 is 41.0. The molecule has 2 aromatic rings. The molecule has 6 heteroatoms. The molecule has 1 fully saturated rings. The summed E-state index contributed by atoms with van der Waals surface area (Å²) in [6.45, 7) is 2.05. The highest BCUT2D eigenvalue weighted by Crippen LogP contribution is 2.40. The average molecular weight is 322 g/mol. The zero-order valence-corrected chi connectivity index (χ0v) is 12.7. The first-order chi connectivity index (χ1) is 10.9. The number of rotatable bonds is 3. The van der Waals surface area contributed by atoms with Crippen LogP contribution in [0, 0.1) is 0 Å². The van der Waals surface area contributed by atoms with Crippen LogP contribution in [0.5, 0.6) is 0 Å². The van der Waals surface area contributed by atoms with Crippen molar-refractivity contribution in [2.45, 2.75) is 32.0 Å². The van der Waals surface area contributed by atoms with E-state index in [2.05, 4.69) is 5.43 Å². The van der Waals surface area contributed by atoms with E-state index in [0.29, 0.717) is 5.39 Å². The molecule has 0 unspecified atom stereocenters. The van der Waals surface area contributed by atoms with E-state index in [-0.39, 0.29) is 24.4 Å². The van der Waals surface area contributed by atoms with Crippen molar-refractivity contribution in [1.29, 1.82) is 0 Å². The van der Waals surface area contributed by atoms with Gasteiger partial charge in [0.2, 0.25) is 5.91 Å². The molecule has 0 radical (unpaired) electrons. The minimum atomic E-state index is -4.48. The third kappa shape index (κ3) is 3.03. The molecule has 2 aromatic carbocycles. The molecule has 1 aliphatic rings. The number of benzene rings is 2. The second-order valence-corrected chi connectivity index (χ2v) is 5.68. The van der Waals surface area contributed by atoms with E-state index in [0.717, 1.165) is 22.4 Å². The van der Waals surface area contributed by atoms with Gasteiger partial charge in [-0.05, 0) is 28.3 Å². The molecule has 1 saturated heterocycles. The molecule has 3 rings (SSSR count). The topological polar surface area (TPSA) is 32.3 Å². The van der Waals surface area contributed by atoms with Crippen molar-refractivity contribution in [2.75, 3.05) is 6.54 Å². The lowest BCUT2D eigenvalue weighted by Crippen LogP contribution is -2.43. The molecular weight excluding hydrogens is 305 g/mol. The molecule has 1 aliphatic heterocycles. The zero-order chi connectivity index (χ0) is 16.6. The van der Waals surface area contributed by atoms with Gasteiger partial charge in [-0.25, -0.2) is 5.01 Å². The number of alkyl halides is 3. The molecule has 0 spiro atoms. The van der Waals surface area contributed by atoms with Crippen LogP contribution in [-0.2, 0) is 11.2 Å². The van der Waals surface area contributed by atoms with Gasteiger partial charge in [0.25, 0.3) is 0 Å². The summed E-state index contributed by atoms with van der Waals surface area (Å²) in [7, 11) is 0. The zero-order valence-electron chi connectivity index (χ0n) is 12.7. The quantitative estimate of drug-likeness (QED) is 0.933. The van der Waals surface area contributed by atoms with Crippen LogP contribution in [0.4, 0.5) is 13.2 Å². The van der Waals surface area contributed by atoms with Crippen molar-refractivity contribution in [1.82, 2.24) is 10.4 Å². The predicted octanol–water partition coefficient (Wildman–Crippen LogP) is 3.74. The largest absolute Gasteiger partial charge is 0.409 e. The Bertz CT molecular complexity index is 742. The number of carbonyl (C=O) groups excluding carboxylic acids is 1. The number of hydrogen-bond donors (Lipinski definition) is 1. The number of fused-ring (bicyclic) bond motifs is 1. The van der Waals surface area contributed by atoms with E-state index in [1.54, 1.807) is 12.1 Å². The number of carbonyl (C=O) groups is 1. The number of nitrogens with one attached hydrogen (secondary N) is 1. The summed E-state index contributed by atoms with van der Waals surface area (Å²) in [6, 6.07) is 8.58. The van der Waals surface area contributed by atoms with Crippen molar-refractivity contribution in [3.05, 3.63) is 47.5 Å². The van der Waals surface area contributed by atoms with Crippen LogP contribution in [0.2, 0.25) is 0 Å². The Balaban J connectivity index is 2.12. The Morgan fingerprint density at radius 3 is 2.65 bits per heavy atom. The van der Waals surface area contributed by atoms with Crippen LogP contribution in [0.1, 0.15) is 30.5 Å². The van der Waals surface area contributed by atoms with E-state index in [1.807, 2.05) is 25.1 Å². The molecule has 0 aliphatic carbocycles. The van der Waals surface area contributed by atoms with E-state index in [9.17, 15) is 18.0 Å². The number of nitrogens with zero attached hydrogens (tertiary/aromatic N) is 1. The molecule has 1 heterocycles. The highest BCUT2D eigenvalue weighted by molar-refractivity contribution is 5.87. The Morgan fingerprint density at radius 2 is 2.04 bits per heavy atom. The second kappa shape index (κ2) is 5.85. The van der Waals surface area contributed by atoms with Gasteiger partial charge in [0.05, 0.1) is 0 Å². The summed E-state index contributed by atoms with van der Waals surface area (Å²) >= 11 is 0. The molecule has 0 aromatic heterocycles. The van der Waals surface area contributed by atoms with Crippen molar-refractivity contribution >= 4 is 16.7 Å². The molecule has 1 atom stereocenters. The van der Waals surface area contributed by atoms with E-state index >= 15 is 0 Å². The number of amides is 1. The highest BCUT2D eigenvalue weighted by Gasteiger charge is 2.47. The Kier molecular flexibility index (Phi) is 4.02. The number of hydrazine groups is 1. The lowest BCUT2D eigenvalue weighted by molar-refractivity contribution is -0.190. The monoisotopic (exact) mass is 322 g/mol. The highest BCUT2D eigenvalue weighted by atomic mass is 19.4. The fraction of sp³-hybridized carbons (Fsp3) is 0.353. The van der Waals surface area contributed by atoms with Crippen LogP contribution in [0.15, 0.2) is 36.4 Å². The van der Waals surface area contributed by atoms with Crippen molar-refractivity contribution in [3.63, 3.8) is 0 Å². The summed E-state index contributed by atoms with van der Waals surface area (Å²) in [5.41, 5.74) is 3.56. The van der Waals surface area contributed by atoms with Crippen molar-refractivity contribution in [3.8, 4) is 0 Å². The van der Waals surface area contributed by atoms with Crippen molar-refractivity contribution in [2.24, 2.45) is 0 Å². The summed E-state index contributed by atoms with van der Waals surface area (Å²) in [5.74, 6) is -0.382. The van der Waals surface area contributed by atoms with Crippen LogP contribution in [0.3, 0.4) is 0 Å². The lowest BCUT2D eigenvalue weighted by Gasteiger charge is -2.30. The fourth-order valence-electron chi connectivity index (χ4n) is 3.03. The standard InChI is InChI=1S/C17H17F3N2O/c1-2-11-6-7-13-12(10-11)4-3-5-14(13)16(17(18,19)20)22-9-8-15(23)21-22/h3-7,10,16H,2,8-9H2,1H3,(H,21,23)/t16-/m0/s1. The summed E-state index contributed by atoms with van der Waals surface area (Å²) in [5, 5.41) is 2.33. The molecule has 0 bridgehead atoms. The van der Waals surface area contributed by atoms with Gasteiger partial charge in [0.1, 0.15) is 0 Å². The fourth-order valence-corrected chi connectivity index (χ4v) is 3.03. The predicted molar refractivity (Wildman–Crippen MR) is 81.6 cm³/mol. The molecule has 122 valence electrons. The van der Waals surface area contributed by atoms with Gasteiger partial charge in [-0.1, -0.05) is 43.3 Å². The van der Waals surface area contributed by atoms with Gasteiger partial charge >= 0.3 is 6.18 Å². The maximum Gasteiger partial charge on any atom is 0.409 e. The van der Waals surface area contributed by atoms with E-state index in [4.69, 9.17) is 0 Å². The van der Waals surface area contributed by atoms with Gasteiger partial charge in [-0.2, -0.15) is 13.2 Å². The average Bonchev–Trinajstić information content (AvgIpc) is 2.91. The Labute approximate surface area is 132 Å². The number of aryl methyl sites for hydroxylation is 1. The van der Waals surface area contributed by atoms with E-state index < -0.39 is 12.2 Å². The maximum absolute atomic E-state index is 13.7. The van der Waals surface area contributed by atoms with Crippen LogP contribution in [0.25, 0.3) is 10.8 Å². The minimum absolute atomic E-state index is 0.0481. The minimum Gasteiger partial charge on any atom is -0.288 e. The molecule has 1 amide bonds. The SMILES string of the molecule is CCc1ccc2c([C@H](N3CCC(=O)N3)C(F)(F)F)cccc2c1. The van der Waals surface area contributed by atoms with E-state index in [1.165, 1.54) is 6.07 Å². The molecule has 3 nitrogen and oxygen atoms in total. The molecular formula is C17H17F3N2O. The first-order valence-electron chi connectivity index (χ1n) is 7.54. The normalized spacial score (nSPS) is 17.5. The smallest absolute Gasteiger partial charge is 0.288 e. The lowest BCUT2D eigenvalue weighted by atomic mass is 9.96. The molecule has 23 heavy (non-hydrogen) atoms. The number of halogens is 3. The maximum atomic E-state index is 13.7. The third-order valence-corrected chi connectivity index (χ3v) is 4.15. The first-order valence-corrected chi connectivity index (χ1v) is 7.54. The number of hydrogen-bond acceptors (Lipinski definition) is 2. The van der Waals surface area contributed by atoms with Gasteiger partial charge in [0.15, 0.2) is 6.04 Å². The van der Waals surface area contributed by atoms with Crippen LogP contribution in [-0.4, -0.2) is 23.6 Å². The van der Waals surface area contributed by atoms with Crippen LogP contribution >= 0.6 is 0 Å². The summed E-state index contributed by atoms with van der Waals surface area (Å²) in [6.07, 6.45) is -3.57. The van der Waals surface area contributed by atoms with Crippen LogP contribution < -0.4 is 5.43 Å². The molecule has 1 N–H and O–H groups in total. The van der Waals surface area contributed by atoms with Crippen molar-refractivity contribution < 1.29 is 18.0 Å². The van der Waals surface area contributed by atoms with Gasteiger partial charge < -0.3 is 0 Å².